The van der Waals surface area contributed by atoms with Gasteiger partial charge in [0, 0.05) is 58.6 Å². The maximum absolute atomic E-state index is 11.9. The zero-order valence-electron chi connectivity index (χ0n) is 41.2. The molecule has 0 fully saturated rings. The number of hydrogen-bond acceptors (Lipinski definition) is 14. The number of para-hydroxylation sites is 4. The van der Waals surface area contributed by atoms with Crippen molar-refractivity contribution in [2.45, 2.75) is 20.3 Å². The highest BCUT2D eigenvalue weighted by Crippen LogP contribution is 2.36. The molecule has 0 radical (unpaired) electrons. The number of rotatable bonds is 16. The van der Waals surface area contributed by atoms with Crippen LogP contribution in [0.5, 0.6) is 23.0 Å². The maximum Gasteiger partial charge on any atom is 0.252 e. The number of primary amides is 4. The number of nitrogens with two attached hydrogens (primary N) is 4. The van der Waals surface area contributed by atoms with Gasteiger partial charge in [-0.25, -0.2) is 0 Å². The van der Waals surface area contributed by atoms with Crippen LogP contribution in [-0.4, -0.2) is 66.5 Å². The zero-order chi connectivity index (χ0) is 52.9. The van der Waals surface area contributed by atoms with Crippen molar-refractivity contribution in [1.29, 1.82) is 0 Å². The van der Waals surface area contributed by atoms with E-state index in [4.69, 9.17) is 41.9 Å². The molecule has 4 amide bonds. The molecule has 18 nitrogen and oxygen atoms in total. The van der Waals surface area contributed by atoms with Crippen LogP contribution >= 0.6 is 0 Å². The van der Waals surface area contributed by atoms with Crippen LogP contribution in [0, 0.1) is 0 Å². The normalized spacial score (nSPS) is 10.5. The molecule has 3 aromatic heterocycles. The summed E-state index contributed by atoms with van der Waals surface area (Å²) < 4.78 is 21.3. The highest BCUT2D eigenvalue weighted by molar-refractivity contribution is 6.10. The predicted molar refractivity (Wildman–Crippen MR) is 289 cm³/mol. The van der Waals surface area contributed by atoms with Crippen molar-refractivity contribution in [3.05, 3.63) is 174 Å². The second-order valence-corrected chi connectivity index (χ2v) is 16.1. The van der Waals surface area contributed by atoms with Gasteiger partial charge in [-0.3, -0.25) is 34.1 Å². The summed E-state index contributed by atoms with van der Waals surface area (Å²) >= 11 is 0. The van der Waals surface area contributed by atoms with Gasteiger partial charge >= 0.3 is 0 Å². The molecule has 6 aromatic carbocycles. The summed E-state index contributed by atoms with van der Waals surface area (Å²) in [7, 11) is 4.76. The van der Waals surface area contributed by atoms with Crippen molar-refractivity contribution in [1.82, 2.24) is 15.0 Å². The molecule has 0 spiro atoms. The summed E-state index contributed by atoms with van der Waals surface area (Å²) in [5.41, 5.74) is 30.2. The van der Waals surface area contributed by atoms with Crippen molar-refractivity contribution >= 4 is 90.5 Å². The van der Waals surface area contributed by atoms with Crippen LogP contribution in [0.2, 0.25) is 0 Å². The van der Waals surface area contributed by atoms with Crippen molar-refractivity contribution in [3.63, 3.8) is 0 Å². The van der Waals surface area contributed by atoms with Gasteiger partial charge in [-0.1, -0.05) is 49.4 Å². The lowest BCUT2D eigenvalue weighted by Gasteiger charge is -2.16. The van der Waals surface area contributed by atoms with Gasteiger partial charge in [-0.05, 0) is 85.6 Å². The number of carbonyl (C=O) groups excluding carboxylic acids is 4. The van der Waals surface area contributed by atoms with Gasteiger partial charge < -0.3 is 57.8 Å². The minimum atomic E-state index is -0.635. The summed E-state index contributed by atoms with van der Waals surface area (Å²) in [6, 6.07) is 38.5. The van der Waals surface area contributed by atoms with Crippen LogP contribution in [0.15, 0.2) is 146 Å². The Morgan fingerprint density at radius 2 is 0.811 bits per heavy atom. The van der Waals surface area contributed by atoms with Crippen LogP contribution in [0.4, 0.5) is 34.1 Å². The lowest BCUT2D eigenvalue weighted by Crippen LogP contribution is -2.16. The highest BCUT2D eigenvalue weighted by Gasteiger charge is 2.19. The number of carbonyl (C=O) groups is 4. The van der Waals surface area contributed by atoms with E-state index < -0.39 is 23.6 Å². The molecule has 3 heterocycles. The van der Waals surface area contributed by atoms with Gasteiger partial charge in [0.2, 0.25) is 0 Å². The number of fused-ring (bicyclic) bond motifs is 3. The van der Waals surface area contributed by atoms with E-state index in [0.717, 1.165) is 39.6 Å². The molecule has 0 aliphatic rings. The fourth-order valence-electron chi connectivity index (χ4n) is 7.88. The average Bonchev–Trinajstić information content (AvgIpc) is 3.41. The van der Waals surface area contributed by atoms with E-state index in [0.29, 0.717) is 85.5 Å². The largest absolute Gasteiger partial charge is 0.497 e. The van der Waals surface area contributed by atoms with Crippen LogP contribution in [0.3, 0.4) is 0 Å². The minimum Gasteiger partial charge on any atom is -0.497 e. The van der Waals surface area contributed by atoms with Crippen molar-refractivity contribution in [2.24, 2.45) is 22.9 Å². The number of amides is 4. The molecule has 18 heteroatoms. The van der Waals surface area contributed by atoms with E-state index in [1.165, 1.54) is 18.6 Å². The van der Waals surface area contributed by atoms with Crippen LogP contribution in [0.1, 0.15) is 60.8 Å². The van der Waals surface area contributed by atoms with Gasteiger partial charge in [0.1, 0.15) is 23.0 Å². The standard InChI is InChI=1S/C19H19N3O3.C19H19N3O2.C18H16N4O3/c1-3-25-17-7-5-4-6-15(17)22-18-13-9-8-12(24-2)10-16(13)21-11-14(18)19(20)23;1-3-12-6-4-5-7-16(12)22-18-14-9-8-13(24-2)10-17(14)21-11-15(18)19(20)23;1-25-10-6-7-11-15(8-10)21-9-13(18(20)24)16(11)22-14-5-3-2-4-12(14)17(19)23/h4-11H,3H2,1-2H3,(H2,20,23)(H,21,22);4-11H,3H2,1-2H3,(H2,20,23)(H,21,22);2-9H,1H3,(H2,19,23)(H2,20,24)(H,21,22). The third kappa shape index (κ3) is 11.8. The molecule has 0 atom stereocenters. The fraction of sp³-hybridized carbons (Fsp3) is 0.125. The Hall–Kier alpha value is -9.97. The number of methoxy groups -OCH3 is 3. The SMILES string of the molecule is CCOc1ccccc1Nc1c(C(N)=O)cnc2cc(OC)ccc12.CCc1ccccc1Nc1c(C(N)=O)cnc2cc(OC)ccc12.COc1ccc2c(Nc3ccccc3C(N)=O)c(C(N)=O)cnc2c1. The molecule has 0 aliphatic heterocycles. The van der Waals surface area contributed by atoms with E-state index in [9.17, 15) is 19.2 Å². The van der Waals surface area contributed by atoms with E-state index in [2.05, 4.69) is 43.9 Å². The highest BCUT2D eigenvalue weighted by atomic mass is 16.5. The molecule has 0 bridgehead atoms. The lowest BCUT2D eigenvalue weighted by molar-refractivity contribution is 0.0992. The average molecular weight is 995 g/mol. The fourth-order valence-corrected chi connectivity index (χ4v) is 7.88. The van der Waals surface area contributed by atoms with Gasteiger partial charge in [-0.2, -0.15) is 0 Å². The topological polar surface area (TPSA) is 284 Å². The first-order chi connectivity index (χ1) is 35.8. The molecule has 11 N–H and O–H groups in total. The molecule has 376 valence electrons. The number of nitrogens with zero attached hydrogens (tertiary/aromatic N) is 3. The summed E-state index contributed by atoms with van der Waals surface area (Å²) in [5, 5.41) is 12.0. The monoisotopic (exact) mass is 994 g/mol. The van der Waals surface area contributed by atoms with E-state index in [1.807, 2.05) is 79.7 Å². The number of ether oxygens (including phenoxy) is 4. The molecular weight excluding hydrogens is 941 g/mol. The second-order valence-electron chi connectivity index (χ2n) is 16.1. The molecule has 0 unspecified atom stereocenters. The van der Waals surface area contributed by atoms with Crippen LogP contribution in [0.25, 0.3) is 32.7 Å². The number of pyridine rings is 3. The van der Waals surface area contributed by atoms with Crippen LogP contribution < -0.4 is 57.8 Å². The zero-order valence-corrected chi connectivity index (χ0v) is 41.2. The van der Waals surface area contributed by atoms with Crippen LogP contribution in [-0.2, 0) is 6.42 Å². The van der Waals surface area contributed by atoms with E-state index >= 15 is 0 Å². The first-order valence-electron chi connectivity index (χ1n) is 23.1. The number of aryl methyl sites for hydroxylation is 1. The van der Waals surface area contributed by atoms with E-state index in [1.54, 1.807) is 69.9 Å². The maximum atomic E-state index is 11.9. The summed E-state index contributed by atoms with van der Waals surface area (Å²) in [6.45, 7) is 4.54. The molecule has 0 saturated carbocycles. The third-order valence-electron chi connectivity index (χ3n) is 11.6. The number of hydrogen-bond donors (Lipinski definition) is 7. The number of aromatic nitrogens is 3. The Morgan fingerprint density at radius 1 is 0.446 bits per heavy atom. The van der Waals surface area contributed by atoms with Gasteiger partial charge in [-0.15, -0.1) is 0 Å². The van der Waals surface area contributed by atoms with Gasteiger partial charge in [0.05, 0.1) is 95.2 Å². The molecule has 74 heavy (non-hydrogen) atoms. The Balaban J connectivity index is 0.000000162. The van der Waals surface area contributed by atoms with Gasteiger partial charge in [0.25, 0.3) is 23.6 Å². The molecular formula is C56H54N10O8. The smallest absolute Gasteiger partial charge is 0.252 e. The Labute approximate surface area is 426 Å². The molecule has 0 aliphatic carbocycles. The predicted octanol–water partition coefficient (Wildman–Crippen LogP) is 9.32. The Bertz CT molecular complexity index is 3550. The Kier molecular flexibility index (Phi) is 16.7. The van der Waals surface area contributed by atoms with Crippen molar-refractivity contribution in [3.8, 4) is 23.0 Å². The first-order valence-corrected chi connectivity index (χ1v) is 23.1. The number of nitrogens with one attached hydrogen (secondary N) is 3. The summed E-state index contributed by atoms with van der Waals surface area (Å²) in [4.78, 5) is 60.1. The Morgan fingerprint density at radius 3 is 1.22 bits per heavy atom. The first kappa shape index (κ1) is 51.9. The summed E-state index contributed by atoms with van der Waals surface area (Å²) in [6.07, 6.45) is 5.24. The molecule has 0 saturated heterocycles. The van der Waals surface area contributed by atoms with E-state index in [-0.39, 0.29) is 5.56 Å². The van der Waals surface area contributed by atoms with Gasteiger partial charge in [0.15, 0.2) is 0 Å². The third-order valence-corrected chi connectivity index (χ3v) is 11.6. The quantitative estimate of drug-likeness (QED) is 0.0475. The number of anilines is 6. The van der Waals surface area contributed by atoms with Crippen molar-refractivity contribution < 1.29 is 38.1 Å². The summed E-state index contributed by atoms with van der Waals surface area (Å²) in [5.74, 6) is 0.440. The minimum absolute atomic E-state index is 0.206. The molecule has 9 rings (SSSR count). The lowest BCUT2D eigenvalue weighted by atomic mass is 10.1. The second kappa shape index (κ2) is 23.8. The molecule has 9 aromatic rings. The number of benzene rings is 6. The van der Waals surface area contributed by atoms with Crippen molar-refractivity contribution in [2.75, 3.05) is 43.9 Å².